The molecule has 1 unspecified atom stereocenters. The summed E-state index contributed by atoms with van der Waals surface area (Å²) in [5.41, 5.74) is 0. The van der Waals surface area contributed by atoms with Gasteiger partial charge < -0.3 is 15.5 Å². The lowest BCUT2D eigenvalue weighted by molar-refractivity contribution is 0.143. The number of likely N-dealkylation sites (tertiary alicyclic amines) is 2. The SMILES string of the molecule is CCNC(=NCC(c1cccs1)N1CCC(C)CC1)NC1CCN(C(C)C)CC1.I. The Hall–Kier alpha value is -0.380. The molecule has 0 aliphatic carbocycles. The highest BCUT2D eigenvalue weighted by Gasteiger charge is 2.26. The summed E-state index contributed by atoms with van der Waals surface area (Å²) in [5, 5.41) is 9.41. The van der Waals surface area contributed by atoms with Crippen LogP contribution in [-0.2, 0) is 0 Å². The molecule has 1 aromatic rings. The van der Waals surface area contributed by atoms with Gasteiger partial charge in [-0.1, -0.05) is 13.0 Å². The molecule has 2 fully saturated rings. The summed E-state index contributed by atoms with van der Waals surface area (Å²) in [6.45, 7) is 15.6. The molecule has 1 atom stereocenters. The molecule has 0 amide bonds. The molecule has 2 aliphatic rings. The zero-order valence-electron chi connectivity index (χ0n) is 19.3. The number of nitrogens with zero attached hydrogens (tertiary/aromatic N) is 3. The van der Waals surface area contributed by atoms with E-state index in [9.17, 15) is 0 Å². The van der Waals surface area contributed by atoms with Gasteiger partial charge in [0.15, 0.2) is 5.96 Å². The van der Waals surface area contributed by atoms with Crippen molar-refractivity contribution in [3.63, 3.8) is 0 Å². The summed E-state index contributed by atoms with van der Waals surface area (Å²) in [6.07, 6.45) is 5.00. The van der Waals surface area contributed by atoms with Crippen LogP contribution in [0.2, 0.25) is 0 Å². The zero-order valence-corrected chi connectivity index (χ0v) is 22.4. The van der Waals surface area contributed by atoms with Crippen molar-refractivity contribution in [1.82, 2.24) is 20.4 Å². The van der Waals surface area contributed by atoms with E-state index in [4.69, 9.17) is 4.99 Å². The fraction of sp³-hybridized carbons (Fsp3) is 0.783. The van der Waals surface area contributed by atoms with Gasteiger partial charge in [-0.2, -0.15) is 0 Å². The molecule has 1 aromatic heterocycles. The van der Waals surface area contributed by atoms with Crippen LogP contribution in [0, 0.1) is 5.92 Å². The second-order valence-electron chi connectivity index (χ2n) is 9.02. The Morgan fingerprint density at radius 2 is 1.80 bits per heavy atom. The van der Waals surface area contributed by atoms with Gasteiger partial charge in [-0.15, -0.1) is 35.3 Å². The number of hydrogen-bond donors (Lipinski definition) is 2. The second kappa shape index (κ2) is 13.2. The summed E-state index contributed by atoms with van der Waals surface area (Å²) in [6, 6.07) is 6.04. The van der Waals surface area contributed by atoms with E-state index in [2.05, 4.69) is 65.6 Å². The van der Waals surface area contributed by atoms with Crippen molar-refractivity contribution in [2.75, 3.05) is 39.3 Å². The van der Waals surface area contributed by atoms with E-state index in [1.807, 2.05) is 11.3 Å². The topological polar surface area (TPSA) is 42.9 Å². The number of hydrogen-bond acceptors (Lipinski definition) is 4. The van der Waals surface area contributed by atoms with E-state index in [0.717, 1.165) is 25.0 Å². The maximum absolute atomic E-state index is 5.06. The van der Waals surface area contributed by atoms with Crippen LogP contribution in [0.1, 0.15) is 64.3 Å². The Balaban J connectivity index is 0.00000320. The average Bonchev–Trinajstić information content (AvgIpc) is 3.24. The van der Waals surface area contributed by atoms with Crippen LogP contribution in [0.3, 0.4) is 0 Å². The van der Waals surface area contributed by atoms with Crippen LogP contribution in [0.4, 0.5) is 0 Å². The highest BCUT2D eigenvalue weighted by atomic mass is 127. The predicted octanol–water partition coefficient (Wildman–Crippen LogP) is 4.57. The molecule has 0 bridgehead atoms. The highest BCUT2D eigenvalue weighted by molar-refractivity contribution is 14.0. The molecule has 0 aromatic carbocycles. The number of halogens is 1. The second-order valence-corrected chi connectivity index (χ2v) is 10.00. The summed E-state index contributed by atoms with van der Waals surface area (Å²) >= 11 is 1.87. The minimum atomic E-state index is 0. The molecule has 172 valence electrons. The number of piperidine rings is 2. The zero-order chi connectivity index (χ0) is 20.6. The number of aliphatic imine (C=N–C) groups is 1. The minimum absolute atomic E-state index is 0. The normalized spacial score (nSPS) is 21.4. The molecule has 2 aliphatic heterocycles. The summed E-state index contributed by atoms with van der Waals surface area (Å²) in [5.74, 6) is 1.84. The predicted molar refractivity (Wildman–Crippen MR) is 141 cm³/mol. The summed E-state index contributed by atoms with van der Waals surface area (Å²) in [7, 11) is 0. The van der Waals surface area contributed by atoms with Crippen molar-refractivity contribution in [2.45, 2.75) is 71.5 Å². The van der Waals surface area contributed by atoms with Gasteiger partial charge in [0.1, 0.15) is 0 Å². The molecule has 30 heavy (non-hydrogen) atoms. The van der Waals surface area contributed by atoms with Gasteiger partial charge in [0.05, 0.1) is 12.6 Å². The van der Waals surface area contributed by atoms with Gasteiger partial charge in [0, 0.05) is 36.6 Å². The van der Waals surface area contributed by atoms with E-state index in [0.29, 0.717) is 18.1 Å². The number of thiophene rings is 1. The Morgan fingerprint density at radius 3 is 2.37 bits per heavy atom. The van der Waals surface area contributed by atoms with Crippen molar-refractivity contribution in [3.8, 4) is 0 Å². The lowest BCUT2D eigenvalue weighted by Crippen LogP contribution is -2.50. The smallest absolute Gasteiger partial charge is 0.191 e. The van der Waals surface area contributed by atoms with Gasteiger partial charge in [0.2, 0.25) is 0 Å². The molecule has 3 heterocycles. The molecule has 2 N–H and O–H groups in total. The number of rotatable bonds is 7. The average molecular weight is 548 g/mol. The van der Waals surface area contributed by atoms with E-state index in [1.165, 1.54) is 56.7 Å². The molecule has 3 rings (SSSR count). The number of nitrogens with one attached hydrogen (secondary N) is 2. The van der Waals surface area contributed by atoms with Crippen LogP contribution in [-0.4, -0.2) is 67.1 Å². The van der Waals surface area contributed by atoms with E-state index < -0.39 is 0 Å². The molecule has 0 spiro atoms. The highest BCUT2D eigenvalue weighted by Crippen LogP contribution is 2.29. The molecule has 7 heteroatoms. The minimum Gasteiger partial charge on any atom is -0.357 e. The molecule has 5 nitrogen and oxygen atoms in total. The molecule has 0 radical (unpaired) electrons. The molecular weight excluding hydrogens is 505 g/mol. The summed E-state index contributed by atoms with van der Waals surface area (Å²) < 4.78 is 0. The maximum Gasteiger partial charge on any atom is 0.191 e. The lowest BCUT2D eigenvalue weighted by atomic mass is 9.97. The van der Waals surface area contributed by atoms with Gasteiger partial charge >= 0.3 is 0 Å². The first-order valence-corrected chi connectivity index (χ1v) is 12.5. The third-order valence-electron chi connectivity index (χ3n) is 6.50. The first kappa shape index (κ1) is 25.9. The van der Waals surface area contributed by atoms with Crippen LogP contribution in [0.25, 0.3) is 0 Å². The van der Waals surface area contributed by atoms with Gasteiger partial charge in [-0.05, 0) is 76.9 Å². The van der Waals surface area contributed by atoms with Crippen LogP contribution < -0.4 is 10.6 Å². The lowest BCUT2D eigenvalue weighted by Gasteiger charge is -2.36. The van der Waals surface area contributed by atoms with Gasteiger partial charge in [-0.3, -0.25) is 9.89 Å². The van der Waals surface area contributed by atoms with Crippen LogP contribution in [0.5, 0.6) is 0 Å². The fourth-order valence-electron chi connectivity index (χ4n) is 4.46. The fourth-order valence-corrected chi connectivity index (χ4v) is 5.31. The Kier molecular flexibility index (Phi) is 11.4. The first-order chi connectivity index (χ1) is 14.1. The third-order valence-corrected chi connectivity index (χ3v) is 7.47. The first-order valence-electron chi connectivity index (χ1n) is 11.6. The monoisotopic (exact) mass is 547 g/mol. The molecule has 0 saturated carbocycles. The van der Waals surface area contributed by atoms with Crippen molar-refractivity contribution in [1.29, 1.82) is 0 Å². The third kappa shape index (κ3) is 7.64. The Labute approximate surface area is 205 Å². The summed E-state index contributed by atoms with van der Waals surface area (Å²) in [4.78, 5) is 11.7. The molecular formula is C23H42IN5S. The van der Waals surface area contributed by atoms with Gasteiger partial charge in [0.25, 0.3) is 0 Å². The van der Waals surface area contributed by atoms with Crippen molar-refractivity contribution < 1.29 is 0 Å². The van der Waals surface area contributed by atoms with Crippen LogP contribution >= 0.6 is 35.3 Å². The van der Waals surface area contributed by atoms with E-state index in [-0.39, 0.29) is 24.0 Å². The number of guanidine groups is 1. The quantitative estimate of drug-likeness (QED) is 0.298. The van der Waals surface area contributed by atoms with Gasteiger partial charge in [-0.25, -0.2) is 0 Å². The van der Waals surface area contributed by atoms with Crippen molar-refractivity contribution in [2.24, 2.45) is 10.9 Å². The van der Waals surface area contributed by atoms with Crippen molar-refractivity contribution >= 4 is 41.3 Å². The standard InChI is InChI=1S/C23H41N5S.HI/c1-5-24-23(26-20-10-14-27(15-11-20)18(2)3)25-17-21(22-7-6-16-29-22)28-12-8-19(4)9-13-28;/h6-7,16,18-21H,5,8-15,17H2,1-4H3,(H2,24,25,26);1H. The van der Waals surface area contributed by atoms with Crippen molar-refractivity contribution in [3.05, 3.63) is 22.4 Å². The Bertz CT molecular complexity index is 605. The maximum atomic E-state index is 5.06. The molecule has 2 saturated heterocycles. The Morgan fingerprint density at radius 1 is 1.13 bits per heavy atom. The van der Waals surface area contributed by atoms with Crippen LogP contribution in [0.15, 0.2) is 22.5 Å². The van der Waals surface area contributed by atoms with E-state index >= 15 is 0 Å². The van der Waals surface area contributed by atoms with E-state index in [1.54, 1.807) is 0 Å². The largest absolute Gasteiger partial charge is 0.357 e.